The van der Waals surface area contributed by atoms with Crippen LogP contribution in [0, 0.1) is 0 Å². The molecule has 1 rings (SSSR count). The summed E-state index contributed by atoms with van der Waals surface area (Å²) in [5.41, 5.74) is 0.0822. The zero-order chi connectivity index (χ0) is 11.4. The van der Waals surface area contributed by atoms with E-state index in [-0.39, 0.29) is 10.8 Å². The van der Waals surface area contributed by atoms with Crippen molar-refractivity contribution < 1.29 is 9.63 Å². The first-order valence-corrected chi connectivity index (χ1v) is 5.59. The Labute approximate surface area is 96.7 Å². The van der Waals surface area contributed by atoms with Gasteiger partial charge in [0.1, 0.15) is 5.03 Å². The predicted molar refractivity (Wildman–Crippen MR) is 57.9 cm³/mol. The van der Waals surface area contributed by atoms with Crippen LogP contribution < -0.4 is 0 Å². The van der Waals surface area contributed by atoms with Gasteiger partial charge in [-0.15, -0.1) is 11.8 Å². The normalized spacial score (nSPS) is 10.1. The molecule has 1 aromatic rings. The van der Waals surface area contributed by atoms with Crippen LogP contribution in [0.5, 0.6) is 0 Å². The molecule has 1 aromatic heterocycles. The van der Waals surface area contributed by atoms with Gasteiger partial charge in [0.25, 0.3) is 5.91 Å². The highest BCUT2D eigenvalue weighted by molar-refractivity contribution is 7.98. The highest BCUT2D eigenvalue weighted by Crippen LogP contribution is 2.17. The number of hydrogen-bond acceptors (Lipinski definition) is 5. The maximum absolute atomic E-state index is 11.6. The summed E-state index contributed by atoms with van der Waals surface area (Å²) in [6.45, 7) is 0. The minimum absolute atomic E-state index is 0.0794. The maximum atomic E-state index is 11.6. The molecule has 1 heterocycles. The minimum Gasteiger partial charge on any atom is -0.274 e. The molecule has 0 aliphatic heterocycles. The molecular weight excluding hydrogens is 238 g/mol. The molecule has 0 N–H and O–H groups in total. The fraction of sp³-hybridized carbons (Fsp3) is 0.375. The van der Waals surface area contributed by atoms with Gasteiger partial charge in [-0.3, -0.25) is 9.63 Å². The number of nitrogens with zero attached hydrogens (tertiary/aromatic N) is 3. The third kappa shape index (κ3) is 2.80. The van der Waals surface area contributed by atoms with Crippen LogP contribution in [-0.4, -0.2) is 41.4 Å². The number of thioether (sulfide) groups is 1. The Morgan fingerprint density at radius 1 is 1.67 bits per heavy atom. The molecule has 82 valence electrons. The number of halogens is 1. The Kier molecular flexibility index (Phi) is 4.31. The fourth-order valence-corrected chi connectivity index (χ4v) is 1.44. The summed E-state index contributed by atoms with van der Waals surface area (Å²) in [6, 6.07) is 0. The fourth-order valence-electron chi connectivity index (χ4n) is 0.825. The van der Waals surface area contributed by atoms with E-state index >= 15 is 0 Å². The second-order valence-corrected chi connectivity index (χ2v) is 3.72. The monoisotopic (exact) mass is 247 g/mol. The number of carbonyl (C=O) groups excluding carboxylic acids is 1. The van der Waals surface area contributed by atoms with Crippen molar-refractivity contribution in [1.29, 1.82) is 0 Å². The van der Waals surface area contributed by atoms with E-state index in [0.29, 0.717) is 5.03 Å². The van der Waals surface area contributed by atoms with Gasteiger partial charge in [-0.1, -0.05) is 11.6 Å². The molecule has 7 heteroatoms. The van der Waals surface area contributed by atoms with Gasteiger partial charge in [-0.25, -0.2) is 15.0 Å². The highest BCUT2D eigenvalue weighted by Gasteiger charge is 2.18. The minimum atomic E-state index is -0.428. The van der Waals surface area contributed by atoms with Crippen LogP contribution in [0.15, 0.2) is 11.2 Å². The van der Waals surface area contributed by atoms with E-state index in [4.69, 9.17) is 16.4 Å². The van der Waals surface area contributed by atoms with Crippen LogP contribution in [0.4, 0.5) is 0 Å². The number of aromatic nitrogens is 2. The largest absolute Gasteiger partial charge is 0.298 e. The second-order valence-electron chi connectivity index (χ2n) is 2.54. The number of hydroxylamine groups is 2. The molecule has 0 bridgehead atoms. The van der Waals surface area contributed by atoms with Crippen LogP contribution in [0.25, 0.3) is 0 Å². The molecule has 0 atom stereocenters. The Balaban J connectivity index is 3.00. The first-order chi connectivity index (χ1) is 7.10. The third-order valence-corrected chi connectivity index (χ3v) is 2.56. The topological polar surface area (TPSA) is 55.3 Å². The van der Waals surface area contributed by atoms with Crippen LogP contribution >= 0.6 is 23.4 Å². The van der Waals surface area contributed by atoms with Gasteiger partial charge in [0.05, 0.1) is 13.3 Å². The molecule has 1 amide bonds. The van der Waals surface area contributed by atoms with Crippen molar-refractivity contribution in [2.24, 2.45) is 0 Å². The maximum Gasteiger partial charge on any atom is 0.298 e. The Morgan fingerprint density at radius 3 is 2.80 bits per heavy atom. The second kappa shape index (κ2) is 5.29. The van der Waals surface area contributed by atoms with Crippen molar-refractivity contribution in [3.63, 3.8) is 0 Å². The SMILES string of the molecule is CON(C)C(=O)c1ncc(SC)nc1Cl. The molecule has 0 aliphatic rings. The van der Waals surface area contributed by atoms with Crippen molar-refractivity contribution in [3.05, 3.63) is 17.0 Å². The van der Waals surface area contributed by atoms with Crippen LogP contribution in [0.2, 0.25) is 5.15 Å². The third-order valence-electron chi connectivity index (χ3n) is 1.68. The van der Waals surface area contributed by atoms with Gasteiger partial charge in [-0.05, 0) is 6.26 Å². The van der Waals surface area contributed by atoms with Crippen LogP contribution in [0.1, 0.15) is 10.5 Å². The summed E-state index contributed by atoms with van der Waals surface area (Å²) in [5.74, 6) is -0.428. The molecule has 5 nitrogen and oxygen atoms in total. The van der Waals surface area contributed by atoms with E-state index < -0.39 is 5.91 Å². The van der Waals surface area contributed by atoms with E-state index in [1.165, 1.54) is 32.1 Å². The molecule has 0 spiro atoms. The molecule has 0 aromatic carbocycles. The quantitative estimate of drug-likeness (QED) is 0.598. The first kappa shape index (κ1) is 12.2. The zero-order valence-electron chi connectivity index (χ0n) is 8.52. The molecule has 0 radical (unpaired) electrons. The van der Waals surface area contributed by atoms with E-state index in [2.05, 4.69) is 9.97 Å². The Hall–Kier alpha value is -0.850. The summed E-state index contributed by atoms with van der Waals surface area (Å²) in [4.78, 5) is 24.3. The van der Waals surface area contributed by atoms with Crippen LogP contribution in [0.3, 0.4) is 0 Å². The number of rotatable bonds is 3. The summed E-state index contributed by atoms with van der Waals surface area (Å²) in [6.07, 6.45) is 3.34. The predicted octanol–water partition coefficient (Wildman–Crippen LogP) is 1.49. The van der Waals surface area contributed by atoms with Gasteiger partial charge in [0.15, 0.2) is 10.8 Å². The van der Waals surface area contributed by atoms with Gasteiger partial charge >= 0.3 is 0 Å². The molecule has 0 saturated carbocycles. The number of hydrogen-bond donors (Lipinski definition) is 0. The van der Waals surface area contributed by atoms with Gasteiger partial charge < -0.3 is 0 Å². The van der Waals surface area contributed by atoms with Crippen molar-refractivity contribution in [3.8, 4) is 0 Å². The first-order valence-electron chi connectivity index (χ1n) is 3.98. The molecule has 0 unspecified atom stereocenters. The summed E-state index contributed by atoms with van der Waals surface area (Å²) >= 11 is 7.22. The molecule has 0 fully saturated rings. The number of amides is 1. The van der Waals surface area contributed by atoms with Gasteiger partial charge in [0.2, 0.25) is 0 Å². The standard InChI is InChI=1S/C8H10ClN3O2S/c1-12(14-2)8(13)6-7(9)11-5(15-3)4-10-6/h4H,1-3H3. The molecule has 0 aliphatic carbocycles. The summed E-state index contributed by atoms with van der Waals surface area (Å²) in [5, 5.41) is 1.78. The van der Waals surface area contributed by atoms with Gasteiger partial charge in [-0.2, -0.15) is 0 Å². The van der Waals surface area contributed by atoms with E-state index in [9.17, 15) is 4.79 Å². The lowest BCUT2D eigenvalue weighted by Gasteiger charge is -2.13. The molecular formula is C8H10ClN3O2S. The van der Waals surface area contributed by atoms with E-state index in [0.717, 1.165) is 5.06 Å². The Bertz CT molecular complexity index is 375. The van der Waals surface area contributed by atoms with E-state index in [1.807, 2.05) is 6.26 Å². The lowest BCUT2D eigenvalue weighted by molar-refractivity contribution is -0.0760. The zero-order valence-corrected chi connectivity index (χ0v) is 10.1. The summed E-state index contributed by atoms with van der Waals surface area (Å²) < 4.78 is 0. The van der Waals surface area contributed by atoms with Crippen molar-refractivity contribution in [2.45, 2.75) is 5.03 Å². The molecule has 0 saturated heterocycles. The number of carbonyl (C=O) groups is 1. The van der Waals surface area contributed by atoms with E-state index in [1.54, 1.807) is 0 Å². The van der Waals surface area contributed by atoms with Crippen LogP contribution in [-0.2, 0) is 4.84 Å². The average Bonchev–Trinajstić information content (AvgIpc) is 2.26. The smallest absolute Gasteiger partial charge is 0.274 e. The average molecular weight is 248 g/mol. The highest BCUT2D eigenvalue weighted by atomic mass is 35.5. The lowest BCUT2D eigenvalue weighted by Crippen LogP contribution is -2.26. The van der Waals surface area contributed by atoms with Crippen molar-refractivity contribution >= 4 is 29.3 Å². The summed E-state index contributed by atoms with van der Waals surface area (Å²) in [7, 11) is 2.86. The molecule has 15 heavy (non-hydrogen) atoms. The van der Waals surface area contributed by atoms with Crippen molar-refractivity contribution in [2.75, 3.05) is 20.4 Å². The van der Waals surface area contributed by atoms with Gasteiger partial charge in [0, 0.05) is 7.05 Å². The van der Waals surface area contributed by atoms with Crippen molar-refractivity contribution in [1.82, 2.24) is 15.0 Å². The lowest BCUT2D eigenvalue weighted by atomic mass is 10.4. The Morgan fingerprint density at radius 2 is 2.33 bits per heavy atom.